The van der Waals surface area contributed by atoms with Crippen molar-refractivity contribution in [1.82, 2.24) is 5.32 Å². The fourth-order valence-corrected chi connectivity index (χ4v) is 4.56. The van der Waals surface area contributed by atoms with E-state index in [1.54, 1.807) is 43.5 Å². The quantitative estimate of drug-likeness (QED) is 0.420. The topological polar surface area (TPSA) is 49.4 Å². The summed E-state index contributed by atoms with van der Waals surface area (Å²) in [5.74, 6) is -0.592. The smallest absolute Gasteiger partial charge is 0.348 e. The molecule has 1 N–H and O–H groups in total. The predicted molar refractivity (Wildman–Crippen MR) is 128 cm³/mol. The Morgan fingerprint density at radius 3 is 2.38 bits per heavy atom. The van der Waals surface area contributed by atoms with Crippen molar-refractivity contribution in [2.45, 2.75) is 17.6 Å². The normalized spacial score (nSPS) is 14.8. The summed E-state index contributed by atoms with van der Waals surface area (Å²) in [6.45, 7) is 0.330. The minimum atomic E-state index is -4.42. The summed E-state index contributed by atoms with van der Waals surface area (Å²) in [5.41, 5.74) is 1.62. The fourth-order valence-electron chi connectivity index (χ4n) is 3.34. The van der Waals surface area contributed by atoms with Crippen LogP contribution in [0.5, 0.6) is 0 Å². The number of rotatable bonds is 4. The van der Waals surface area contributed by atoms with E-state index in [0.717, 1.165) is 22.6 Å². The number of fused-ring (bicyclic) bond motifs is 1. The molecule has 0 saturated heterocycles. The summed E-state index contributed by atoms with van der Waals surface area (Å²) in [6, 6.07) is 16.8. The van der Waals surface area contributed by atoms with Crippen LogP contribution in [0.1, 0.15) is 27.0 Å². The number of hydrogen-bond donors (Lipinski definition) is 1. The fraction of sp³-hybridized carbons (Fsp3) is 0.120. The van der Waals surface area contributed by atoms with Crippen molar-refractivity contribution in [3.05, 3.63) is 98.9 Å². The van der Waals surface area contributed by atoms with E-state index in [2.05, 4.69) is 5.32 Å². The number of amides is 2. The molecule has 9 heteroatoms. The van der Waals surface area contributed by atoms with Crippen LogP contribution in [0.25, 0.3) is 6.08 Å². The zero-order chi connectivity index (χ0) is 24.5. The van der Waals surface area contributed by atoms with Gasteiger partial charge in [0, 0.05) is 29.1 Å². The minimum absolute atomic E-state index is 0.283. The van der Waals surface area contributed by atoms with Crippen LogP contribution in [0.2, 0.25) is 5.02 Å². The number of nitrogens with one attached hydrogen (secondary N) is 1. The highest BCUT2D eigenvalue weighted by atomic mass is 35.5. The zero-order valence-corrected chi connectivity index (χ0v) is 19.4. The van der Waals surface area contributed by atoms with Gasteiger partial charge in [-0.2, -0.15) is 13.2 Å². The molecule has 0 bridgehead atoms. The molecule has 1 heterocycles. The molecule has 1 aliphatic rings. The van der Waals surface area contributed by atoms with Crippen LogP contribution in [0.4, 0.5) is 18.9 Å². The van der Waals surface area contributed by atoms with Gasteiger partial charge in [0.2, 0.25) is 0 Å². The van der Waals surface area contributed by atoms with Crippen LogP contribution in [0, 0.1) is 0 Å². The molecule has 0 unspecified atom stereocenters. The van der Waals surface area contributed by atoms with E-state index in [9.17, 15) is 22.8 Å². The summed E-state index contributed by atoms with van der Waals surface area (Å²) in [4.78, 5) is 28.1. The summed E-state index contributed by atoms with van der Waals surface area (Å²) < 4.78 is 38.3. The molecule has 0 aromatic heterocycles. The van der Waals surface area contributed by atoms with E-state index in [0.29, 0.717) is 33.3 Å². The molecular formula is C25H18ClF3N2O2S. The third-order valence-corrected chi connectivity index (χ3v) is 6.55. The summed E-state index contributed by atoms with van der Waals surface area (Å²) in [7, 11) is 1.59. The standard InChI is InChI=1S/C25H18ClF3N2O2S/c1-31-20-13-17(23(32)30-14-16-4-9-19(26)10-5-16)6-11-21(20)34-22(24(31)33)12-15-2-7-18(8-3-15)25(27,28)29/h2-13H,14H2,1H3,(H,30,32)/b22-12-. The number of carbonyl (C=O) groups is 2. The van der Waals surface area contributed by atoms with Crippen LogP contribution < -0.4 is 10.2 Å². The lowest BCUT2D eigenvalue weighted by Crippen LogP contribution is -2.31. The number of halogens is 4. The van der Waals surface area contributed by atoms with Crippen LogP contribution in [0.3, 0.4) is 0 Å². The lowest BCUT2D eigenvalue weighted by atomic mass is 10.1. The van der Waals surface area contributed by atoms with Gasteiger partial charge in [0.05, 0.1) is 16.2 Å². The molecule has 0 radical (unpaired) electrons. The molecule has 0 spiro atoms. The van der Waals surface area contributed by atoms with Gasteiger partial charge >= 0.3 is 6.18 Å². The highest BCUT2D eigenvalue weighted by molar-refractivity contribution is 8.04. The molecule has 2 amide bonds. The van der Waals surface area contributed by atoms with Gasteiger partial charge in [-0.15, -0.1) is 0 Å². The molecular weight excluding hydrogens is 485 g/mol. The number of alkyl halides is 3. The summed E-state index contributed by atoms with van der Waals surface area (Å²) >= 11 is 7.08. The molecule has 0 atom stereocenters. The van der Waals surface area contributed by atoms with Crippen molar-refractivity contribution in [3.63, 3.8) is 0 Å². The van der Waals surface area contributed by atoms with Crippen LogP contribution >= 0.6 is 23.4 Å². The second-order valence-corrected chi connectivity index (χ2v) is 9.11. The van der Waals surface area contributed by atoms with E-state index < -0.39 is 11.7 Å². The monoisotopic (exact) mass is 502 g/mol. The first kappa shape index (κ1) is 23.9. The van der Waals surface area contributed by atoms with E-state index in [-0.39, 0.29) is 11.8 Å². The van der Waals surface area contributed by atoms with Gasteiger partial charge in [-0.05, 0) is 59.7 Å². The number of hydrogen-bond acceptors (Lipinski definition) is 3. The molecule has 34 heavy (non-hydrogen) atoms. The third kappa shape index (κ3) is 5.29. The Morgan fingerprint density at radius 1 is 1.06 bits per heavy atom. The van der Waals surface area contributed by atoms with E-state index in [1.165, 1.54) is 28.8 Å². The van der Waals surface area contributed by atoms with Gasteiger partial charge in [0.1, 0.15) is 0 Å². The van der Waals surface area contributed by atoms with Crippen molar-refractivity contribution in [1.29, 1.82) is 0 Å². The van der Waals surface area contributed by atoms with E-state index >= 15 is 0 Å². The molecule has 4 rings (SSSR count). The largest absolute Gasteiger partial charge is 0.416 e. The predicted octanol–water partition coefficient (Wildman–Crippen LogP) is 6.40. The Hall–Kier alpha value is -3.23. The molecule has 0 fully saturated rings. The van der Waals surface area contributed by atoms with E-state index in [4.69, 9.17) is 11.6 Å². The van der Waals surface area contributed by atoms with Gasteiger partial charge in [0.15, 0.2) is 0 Å². The second kappa shape index (κ2) is 9.56. The maximum absolute atomic E-state index is 12.9. The number of carbonyl (C=O) groups excluding carboxylic acids is 2. The second-order valence-electron chi connectivity index (χ2n) is 7.59. The molecule has 1 aliphatic heterocycles. The van der Waals surface area contributed by atoms with Gasteiger partial charge in [0.25, 0.3) is 11.8 Å². The van der Waals surface area contributed by atoms with E-state index in [1.807, 2.05) is 12.1 Å². The van der Waals surface area contributed by atoms with Crippen molar-refractivity contribution in [2.75, 3.05) is 11.9 Å². The number of benzene rings is 3. The van der Waals surface area contributed by atoms with Crippen molar-refractivity contribution in [3.8, 4) is 0 Å². The average molecular weight is 503 g/mol. The van der Waals surface area contributed by atoms with Crippen molar-refractivity contribution in [2.24, 2.45) is 0 Å². The number of anilines is 1. The molecule has 3 aromatic carbocycles. The van der Waals surface area contributed by atoms with Crippen LogP contribution in [0.15, 0.2) is 76.5 Å². The van der Waals surface area contributed by atoms with Gasteiger partial charge in [-0.25, -0.2) is 0 Å². The summed E-state index contributed by atoms with van der Waals surface area (Å²) in [6.07, 6.45) is -2.86. The first-order valence-corrected chi connectivity index (χ1v) is 11.3. The van der Waals surface area contributed by atoms with Crippen LogP contribution in [-0.4, -0.2) is 18.9 Å². The number of nitrogens with zero attached hydrogens (tertiary/aromatic N) is 1. The van der Waals surface area contributed by atoms with Crippen molar-refractivity contribution < 1.29 is 22.8 Å². The SMILES string of the molecule is CN1C(=O)/C(=C/c2ccc(C(F)(F)F)cc2)Sc2ccc(C(=O)NCc3ccc(Cl)cc3)cc21. The average Bonchev–Trinajstić information content (AvgIpc) is 2.81. The number of likely N-dealkylation sites (N-methyl/N-ethyl adjacent to an activating group) is 1. The van der Waals surface area contributed by atoms with Gasteiger partial charge in [-0.3, -0.25) is 9.59 Å². The first-order chi connectivity index (χ1) is 16.1. The number of thioether (sulfide) groups is 1. The maximum Gasteiger partial charge on any atom is 0.416 e. The Balaban J connectivity index is 1.51. The lowest BCUT2D eigenvalue weighted by molar-refractivity contribution is -0.137. The molecule has 0 aliphatic carbocycles. The maximum atomic E-state index is 12.9. The highest BCUT2D eigenvalue weighted by Crippen LogP contribution is 2.42. The van der Waals surface area contributed by atoms with Crippen LogP contribution in [-0.2, 0) is 17.5 Å². The molecule has 174 valence electrons. The van der Waals surface area contributed by atoms with Gasteiger partial charge in [-0.1, -0.05) is 47.6 Å². The Kier molecular flexibility index (Phi) is 6.72. The highest BCUT2D eigenvalue weighted by Gasteiger charge is 2.30. The third-order valence-electron chi connectivity index (χ3n) is 5.22. The minimum Gasteiger partial charge on any atom is -0.348 e. The van der Waals surface area contributed by atoms with Crippen molar-refractivity contribution >= 4 is 46.9 Å². The molecule has 0 saturated carbocycles. The lowest BCUT2D eigenvalue weighted by Gasteiger charge is -2.27. The Bertz CT molecular complexity index is 1270. The molecule has 3 aromatic rings. The molecule has 4 nitrogen and oxygen atoms in total. The first-order valence-electron chi connectivity index (χ1n) is 10.1. The van der Waals surface area contributed by atoms with Gasteiger partial charge < -0.3 is 10.2 Å². The Labute approximate surface area is 203 Å². The summed E-state index contributed by atoms with van der Waals surface area (Å²) in [5, 5.41) is 3.45. The Morgan fingerprint density at radius 2 is 1.74 bits per heavy atom. The zero-order valence-electron chi connectivity index (χ0n) is 17.8.